The standard InChI is InChI=1S/C23H26N2O6/c1-3-29-19-10-6-17(7-11-19)24-23(28)16(2)31-22(27)15-30-20-12-8-18(9-13-20)25-14-4-5-21(25)26/h6-13,16H,3-5,14-15H2,1-2H3,(H,24,28). The summed E-state index contributed by atoms with van der Waals surface area (Å²) in [5.41, 5.74) is 1.38. The number of benzene rings is 2. The molecule has 1 aliphatic heterocycles. The molecule has 8 nitrogen and oxygen atoms in total. The summed E-state index contributed by atoms with van der Waals surface area (Å²) in [6.45, 7) is 4.32. The molecule has 1 unspecified atom stereocenters. The van der Waals surface area contributed by atoms with Gasteiger partial charge in [0.1, 0.15) is 11.5 Å². The molecular formula is C23H26N2O6. The van der Waals surface area contributed by atoms with Crippen molar-refractivity contribution in [1.29, 1.82) is 0 Å². The summed E-state index contributed by atoms with van der Waals surface area (Å²) in [5, 5.41) is 2.68. The van der Waals surface area contributed by atoms with Crippen molar-refractivity contribution >= 4 is 29.2 Å². The molecule has 0 aliphatic carbocycles. The van der Waals surface area contributed by atoms with Gasteiger partial charge in [-0.15, -0.1) is 0 Å². The molecule has 0 saturated carbocycles. The maximum Gasteiger partial charge on any atom is 0.344 e. The second-order valence-corrected chi connectivity index (χ2v) is 7.01. The highest BCUT2D eigenvalue weighted by atomic mass is 16.6. The predicted molar refractivity (Wildman–Crippen MR) is 115 cm³/mol. The molecular weight excluding hydrogens is 400 g/mol. The van der Waals surface area contributed by atoms with Crippen LogP contribution >= 0.6 is 0 Å². The van der Waals surface area contributed by atoms with Crippen LogP contribution in [-0.4, -0.2) is 43.6 Å². The van der Waals surface area contributed by atoms with E-state index in [0.29, 0.717) is 36.8 Å². The van der Waals surface area contributed by atoms with Crippen LogP contribution in [-0.2, 0) is 19.1 Å². The van der Waals surface area contributed by atoms with Crippen LogP contribution in [0.3, 0.4) is 0 Å². The molecule has 1 aliphatic rings. The highest BCUT2D eigenvalue weighted by Crippen LogP contribution is 2.24. The van der Waals surface area contributed by atoms with Gasteiger partial charge in [-0.2, -0.15) is 0 Å². The predicted octanol–water partition coefficient (Wildman–Crippen LogP) is 3.16. The molecule has 0 aromatic heterocycles. The molecule has 2 amide bonds. The second kappa shape index (κ2) is 10.5. The lowest BCUT2D eigenvalue weighted by atomic mass is 10.3. The molecule has 2 aromatic rings. The van der Waals surface area contributed by atoms with E-state index >= 15 is 0 Å². The van der Waals surface area contributed by atoms with Crippen LogP contribution in [0.2, 0.25) is 0 Å². The Morgan fingerprint density at radius 2 is 1.68 bits per heavy atom. The van der Waals surface area contributed by atoms with Gasteiger partial charge < -0.3 is 24.4 Å². The molecule has 8 heteroatoms. The third-order valence-electron chi connectivity index (χ3n) is 4.69. The average molecular weight is 426 g/mol. The van der Waals surface area contributed by atoms with Gasteiger partial charge in [-0.25, -0.2) is 4.79 Å². The molecule has 0 spiro atoms. The normalized spacial score (nSPS) is 14.1. The van der Waals surface area contributed by atoms with Crippen molar-refractivity contribution in [2.24, 2.45) is 0 Å². The molecule has 0 radical (unpaired) electrons. The van der Waals surface area contributed by atoms with Crippen molar-refractivity contribution < 1.29 is 28.6 Å². The van der Waals surface area contributed by atoms with E-state index < -0.39 is 18.0 Å². The van der Waals surface area contributed by atoms with Crippen LogP contribution in [0.4, 0.5) is 11.4 Å². The zero-order valence-corrected chi connectivity index (χ0v) is 17.6. The number of amides is 2. The number of nitrogens with zero attached hydrogens (tertiary/aromatic N) is 1. The number of carbonyl (C=O) groups is 3. The highest BCUT2D eigenvalue weighted by molar-refractivity contribution is 5.96. The largest absolute Gasteiger partial charge is 0.494 e. The van der Waals surface area contributed by atoms with Crippen molar-refractivity contribution in [1.82, 2.24) is 0 Å². The van der Waals surface area contributed by atoms with Gasteiger partial charge in [-0.05, 0) is 68.8 Å². The minimum atomic E-state index is -0.980. The Kier molecular flexibility index (Phi) is 7.48. The quantitative estimate of drug-likeness (QED) is 0.619. The summed E-state index contributed by atoms with van der Waals surface area (Å²) in [6.07, 6.45) is 0.438. The summed E-state index contributed by atoms with van der Waals surface area (Å²) in [6, 6.07) is 13.8. The number of ether oxygens (including phenoxy) is 3. The van der Waals surface area contributed by atoms with Gasteiger partial charge in [-0.3, -0.25) is 9.59 Å². The van der Waals surface area contributed by atoms with E-state index in [1.54, 1.807) is 53.4 Å². The van der Waals surface area contributed by atoms with Crippen molar-refractivity contribution in [3.8, 4) is 11.5 Å². The van der Waals surface area contributed by atoms with E-state index in [-0.39, 0.29) is 12.5 Å². The monoisotopic (exact) mass is 426 g/mol. The Hall–Kier alpha value is -3.55. The Labute approximate surface area is 181 Å². The number of nitrogens with one attached hydrogen (secondary N) is 1. The summed E-state index contributed by atoms with van der Waals surface area (Å²) in [7, 11) is 0. The lowest BCUT2D eigenvalue weighted by Crippen LogP contribution is -2.31. The molecule has 1 atom stereocenters. The van der Waals surface area contributed by atoms with E-state index in [1.165, 1.54) is 6.92 Å². The SMILES string of the molecule is CCOc1ccc(NC(=O)C(C)OC(=O)COc2ccc(N3CCCC3=O)cc2)cc1. The van der Waals surface area contributed by atoms with Gasteiger partial charge in [0, 0.05) is 24.3 Å². The smallest absolute Gasteiger partial charge is 0.344 e. The van der Waals surface area contributed by atoms with Crippen LogP contribution in [0.1, 0.15) is 26.7 Å². The topological polar surface area (TPSA) is 94.2 Å². The Morgan fingerprint density at radius 1 is 1.03 bits per heavy atom. The lowest BCUT2D eigenvalue weighted by Gasteiger charge is -2.16. The number of anilines is 2. The fourth-order valence-electron chi connectivity index (χ4n) is 3.12. The van der Waals surface area contributed by atoms with Gasteiger partial charge in [0.25, 0.3) is 5.91 Å². The van der Waals surface area contributed by atoms with E-state index in [4.69, 9.17) is 14.2 Å². The fraction of sp³-hybridized carbons (Fsp3) is 0.348. The van der Waals surface area contributed by atoms with Crippen molar-refractivity contribution in [2.45, 2.75) is 32.8 Å². The van der Waals surface area contributed by atoms with Crippen molar-refractivity contribution in [2.75, 3.05) is 30.0 Å². The van der Waals surface area contributed by atoms with Crippen LogP contribution < -0.4 is 19.7 Å². The summed E-state index contributed by atoms with van der Waals surface area (Å²) >= 11 is 0. The number of rotatable bonds is 9. The molecule has 1 heterocycles. The zero-order chi connectivity index (χ0) is 22.2. The fourth-order valence-corrected chi connectivity index (χ4v) is 3.12. The van der Waals surface area contributed by atoms with Crippen LogP contribution in [0, 0.1) is 0 Å². The molecule has 0 bridgehead atoms. The molecule has 31 heavy (non-hydrogen) atoms. The third-order valence-corrected chi connectivity index (χ3v) is 4.69. The first-order valence-electron chi connectivity index (χ1n) is 10.2. The molecule has 2 aromatic carbocycles. The molecule has 1 N–H and O–H groups in total. The maximum absolute atomic E-state index is 12.2. The van der Waals surface area contributed by atoms with Crippen LogP contribution in [0.25, 0.3) is 0 Å². The first-order chi connectivity index (χ1) is 15.0. The highest BCUT2D eigenvalue weighted by Gasteiger charge is 2.22. The first-order valence-corrected chi connectivity index (χ1v) is 10.2. The van der Waals surface area contributed by atoms with E-state index in [1.807, 2.05) is 6.92 Å². The number of hydrogen-bond donors (Lipinski definition) is 1. The number of carbonyl (C=O) groups excluding carboxylic acids is 3. The van der Waals surface area contributed by atoms with Gasteiger partial charge in [-0.1, -0.05) is 0 Å². The molecule has 3 rings (SSSR count). The minimum Gasteiger partial charge on any atom is -0.494 e. The lowest BCUT2D eigenvalue weighted by molar-refractivity contribution is -0.155. The Balaban J connectivity index is 1.43. The van der Waals surface area contributed by atoms with Crippen molar-refractivity contribution in [3.63, 3.8) is 0 Å². The number of hydrogen-bond acceptors (Lipinski definition) is 6. The van der Waals surface area contributed by atoms with Crippen molar-refractivity contribution in [3.05, 3.63) is 48.5 Å². The third kappa shape index (κ3) is 6.21. The first kappa shape index (κ1) is 22.1. The Bertz CT molecular complexity index is 911. The van der Waals surface area contributed by atoms with E-state index in [9.17, 15) is 14.4 Å². The molecule has 164 valence electrons. The maximum atomic E-state index is 12.2. The molecule has 1 fully saturated rings. The van der Waals surface area contributed by atoms with Crippen LogP contribution in [0.15, 0.2) is 48.5 Å². The van der Waals surface area contributed by atoms with Gasteiger partial charge in [0.15, 0.2) is 12.7 Å². The average Bonchev–Trinajstić information content (AvgIpc) is 3.20. The summed E-state index contributed by atoms with van der Waals surface area (Å²) in [4.78, 5) is 37.8. The van der Waals surface area contributed by atoms with E-state index in [0.717, 1.165) is 12.1 Å². The minimum absolute atomic E-state index is 0.106. The molecule has 1 saturated heterocycles. The summed E-state index contributed by atoms with van der Waals surface area (Å²) < 4.78 is 15.9. The van der Waals surface area contributed by atoms with Gasteiger partial charge in [0.05, 0.1) is 6.61 Å². The van der Waals surface area contributed by atoms with Gasteiger partial charge >= 0.3 is 5.97 Å². The van der Waals surface area contributed by atoms with Crippen LogP contribution in [0.5, 0.6) is 11.5 Å². The summed E-state index contributed by atoms with van der Waals surface area (Å²) in [5.74, 6) is 0.177. The Morgan fingerprint density at radius 3 is 2.29 bits per heavy atom. The van der Waals surface area contributed by atoms with Gasteiger partial charge in [0.2, 0.25) is 5.91 Å². The zero-order valence-electron chi connectivity index (χ0n) is 17.6. The number of esters is 1. The second-order valence-electron chi connectivity index (χ2n) is 7.01. The van der Waals surface area contributed by atoms with E-state index in [2.05, 4.69) is 5.32 Å².